The Balaban J connectivity index is 0.00000180. The third-order valence-electron chi connectivity index (χ3n) is 2.93. The average molecular weight is 282 g/mol. The molecule has 2 rings (SSSR count). The van der Waals surface area contributed by atoms with Crippen molar-refractivity contribution in [3.05, 3.63) is 42.0 Å². The Labute approximate surface area is 117 Å². The van der Waals surface area contributed by atoms with E-state index < -0.39 is 12.0 Å². The minimum absolute atomic E-state index is 0. The third kappa shape index (κ3) is 2.80. The molecule has 0 aliphatic carbocycles. The molecule has 0 spiro atoms. The van der Waals surface area contributed by atoms with E-state index in [1.54, 1.807) is 19.2 Å². The van der Waals surface area contributed by atoms with Crippen molar-refractivity contribution < 1.29 is 14.3 Å². The van der Waals surface area contributed by atoms with Crippen LogP contribution in [0.5, 0.6) is 5.75 Å². The van der Waals surface area contributed by atoms with E-state index in [1.165, 1.54) is 7.11 Å². The molecule has 5 heteroatoms. The smallest absolute Gasteiger partial charge is 0.327 e. The van der Waals surface area contributed by atoms with Crippen LogP contribution >= 0.6 is 12.4 Å². The van der Waals surface area contributed by atoms with Gasteiger partial charge in [0.2, 0.25) is 0 Å². The van der Waals surface area contributed by atoms with Crippen molar-refractivity contribution in [1.29, 1.82) is 0 Å². The average Bonchev–Trinajstić information content (AvgIpc) is 2.44. The molecule has 0 bridgehead atoms. The second-order valence-corrected chi connectivity index (χ2v) is 3.90. The summed E-state index contributed by atoms with van der Waals surface area (Å²) in [6, 6.07) is 10.5. The largest absolute Gasteiger partial charge is 0.496 e. The van der Waals surface area contributed by atoms with Gasteiger partial charge in [0.15, 0.2) is 0 Å². The van der Waals surface area contributed by atoms with Crippen molar-refractivity contribution in [2.75, 3.05) is 14.2 Å². The molecule has 4 nitrogen and oxygen atoms in total. The fraction of sp³-hybridized carbons (Fsp3) is 0.214. The van der Waals surface area contributed by atoms with Gasteiger partial charge in [0.25, 0.3) is 0 Å². The van der Waals surface area contributed by atoms with Crippen LogP contribution in [-0.4, -0.2) is 20.2 Å². The number of ether oxygens (including phenoxy) is 2. The summed E-state index contributed by atoms with van der Waals surface area (Å²) in [5, 5.41) is 1.83. The van der Waals surface area contributed by atoms with Crippen LogP contribution in [0.2, 0.25) is 0 Å². The minimum Gasteiger partial charge on any atom is -0.496 e. The number of carbonyl (C=O) groups is 1. The second-order valence-electron chi connectivity index (χ2n) is 3.90. The third-order valence-corrected chi connectivity index (χ3v) is 2.93. The predicted octanol–water partition coefficient (Wildman–Crippen LogP) is 2.44. The van der Waals surface area contributed by atoms with Crippen molar-refractivity contribution in [2.45, 2.75) is 6.04 Å². The zero-order valence-electron chi connectivity index (χ0n) is 10.8. The first kappa shape index (κ1) is 15.3. The maximum Gasteiger partial charge on any atom is 0.327 e. The molecule has 0 aliphatic rings. The van der Waals surface area contributed by atoms with Gasteiger partial charge in [0.05, 0.1) is 14.2 Å². The lowest BCUT2D eigenvalue weighted by atomic mass is 9.98. The summed E-state index contributed by atoms with van der Waals surface area (Å²) in [4.78, 5) is 11.5. The molecule has 2 aromatic rings. The maximum atomic E-state index is 11.5. The minimum atomic E-state index is -0.786. The monoisotopic (exact) mass is 281 g/mol. The zero-order chi connectivity index (χ0) is 13.1. The SMILES string of the molecule is COC(=O)[C@@H](N)c1ccc(OC)c2ccccc12.Cl. The summed E-state index contributed by atoms with van der Waals surface area (Å²) in [6.45, 7) is 0. The Morgan fingerprint density at radius 3 is 2.32 bits per heavy atom. The lowest BCUT2D eigenvalue weighted by Gasteiger charge is -2.14. The summed E-state index contributed by atoms with van der Waals surface area (Å²) in [6.07, 6.45) is 0. The fourth-order valence-electron chi connectivity index (χ4n) is 2.00. The molecule has 0 unspecified atom stereocenters. The van der Waals surface area contributed by atoms with Crippen LogP contribution in [0, 0.1) is 0 Å². The zero-order valence-corrected chi connectivity index (χ0v) is 11.6. The lowest BCUT2D eigenvalue weighted by molar-refractivity contribution is -0.142. The molecule has 0 fully saturated rings. The van der Waals surface area contributed by atoms with Gasteiger partial charge in [0.1, 0.15) is 11.8 Å². The highest BCUT2D eigenvalue weighted by atomic mass is 35.5. The van der Waals surface area contributed by atoms with Crippen molar-refractivity contribution in [1.82, 2.24) is 0 Å². The maximum absolute atomic E-state index is 11.5. The van der Waals surface area contributed by atoms with E-state index in [4.69, 9.17) is 10.5 Å². The van der Waals surface area contributed by atoms with Gasteiger partial charge in [-0.1, -0.05) is 30.3 Å². The second kappa shape index (κ2) is 6.41. The van der Waals surface area contributed by atoms with Crippen molar-refractivity contribution >= 4 is 29.1 Å². The Hall–Kier alpha value is -1.78. The number of benzene rings is 2. The summed E-state index contributed by atoms with van der Waals surface area (Å²) >= 11 is 0. The molecular formula is C14H16ClNO3. The molecule has 0 aliphatic heterocycles. The number of methoxy groups -OCH3 is 2. The van der Waals surface area contributed by atoms with Gasteiger partial charge in [-0.3, -0.25) is 4.79 Å². The van der Waals surface area contributed by atoms with E-state index in [2.05, 4.69) is 4.74 Å². The number of fused-ring (bicyclic) bond motifs is 1. The van der Waals surface area contributed by atoms with Crippen LogP contribution in [0.1, 0.15) is 11.6 Å². The van der Waals surface area contributed by atoms with E-state index >= 15 is 0 Å². The van der Waals surface area contributed by atoms with Gasteiger partial charge in [-0.05, 0) is 17.0 Å². The highest BCUT2D eigenvalue weighted by molar-refractivity contribution is 5.94. The van der Waals surface area contributed by atoms with Gasteiger partial charge >= 0.3 is 5.97 Å². The summed E-state index contributed by atoms with van der Waals surface area (Å²) < 4.78 is 9.97. The number of carbonyl (C=O) groups excluding carboxylic acids is 1. The van der Waals surface area contributed by atoms with Gasteiger partial charge in [0, 0.05) is 5.39 Å². The molecule has 2 N–H and O–H groups in total. The van der Waals surface area contributed by atoms with Gasteiger partial charge < -0.3 is 15.2 Å². The molecule has 0 aromatic heterocycles. The standard InChI is InChI=1S/C14H15NO3.ClH/c1-17-12-8-7-11(13(15)14(16)18-2)9-5-3-4-6-10(9)12;/h3-8,13H,15H2,1-2H3;1H/t13-;/m0./s1. The lowest BCUT2D eigenvalue weighted by Crippen LogP contribution is -2.22. The summed E-state index contributed by atoms with van der Waals surface area (Å²) in [7, 11) is 2.94. The normalized spacial score (nSPS) is 11.5. The van der Waals surface area contributed by atoms with E-state index in [0.717, 1.165) is 22.1 Å². The van der Waals surface area contributed by atoms with Crippen LogP contribution < -0.4 is 10.5 Å². The van der Waals surface area contributed by atoms with Gasteiger partial charge in [-0.2, -0.15) is 0 Å². The molecule has 102 valence electrons. The van der Waals surface area contributed by atoms with Crippen LogP contribution in [0.25, 0.3) is 10.8 Å². The predicted molar refractivity (Wildman–Crippen MR) is 76.7 cm³/mol. The van der Waals surface area contributed by atoms with E-state index in [1.807, 2.05) is 24.3 Å². The number of hydrogen-bond donors (Lipinski definition) is 1. The van der Waals surface area contributed by atoms with Crippen LogP contribution in [0.15, 0.2) is 36.4 Å². The van der Waals surface area contributed by atoms with E-state index in [9.17, 15) is 4.79 Å². The number of rotatable bonds is 3. The first-order valence-electron chi connectivity index (χ1n) is 5.58. The first-order chi connectivity index (χ1) is 8.69. The molecule has 0 saturated heterocycles. The summed E-state index contributed by atoms with van der Waals surface area (Å²) in [5.74, 6) is 0.303. The van der Waals surface area contributed by atoms with Crippen molar-refractivity contribution in [3.8, 4) is 5.75 Å². The molecule has 0 radical (unpaired) electrons. The van der Waals surface area contributed by atoms with Crippen LogP contribution in [-0.2, 0) is 9.53 Å². The molecule has 0 amide bonds. The molecule has 19 heavy (non-hydrogen) atoms. The van der Waals surface area contributed by atoms with Crippen molar-refractivity contribution in [3.63, 3.8) is 0 Å². The Morgan fingerprint density at radius 1 is 1.11 bits per heavy atom. The number of nitrogens with two attached hydrogens (primary N) is 1. The van der Waals surface area contributed by atoms with E-state index in [-0.39, 0.29) is 12.4 Å². The molecular weight excluding hydrogens is 266 g/mol. The molecule has 0 saturated carbocycles. The topological polar surface area (TPSA) is 61.5 Å². The molecule has 1 atom stereocenters. The van der Waals surface area contributed by atoms with Gasteiger partial charge in [-0.15, -0.1) is 12.4 Å². The number of halogens is 1. The van der Waals surface area contributed by atoms with Crippen LogP contribution in [0.3, 0.4) is 0 Å². The van der Waals surface area contributed by atoms with Crippen molar-refractivity contribution in [2.24, 2.45) is 5.73 Å². The van der Waals surface area contributed by atoms with Gasteiger partial charge in [-0.25, -0.2) is 0 Å². The Kier molecular flexibility index (Phi) is 5.15. The van der Waals surface area contributed by atoms with E-state index in [0.29, 0.717) is 0 Å². The number of esters is 1. The first-order valence-corrected chi connectivity index (χ1v) is 5.58. The highest BCUT2D eigenvalue weighted by Gasteiger charge is 2.19. The highest BCUT2D eigenvalue weighted by Crippen LogP contribution is 2.31. The quantitative estimate of drug-likeness (QED) is 0.878. The number of hydrogen-bond acceptors (Lipinski definition) is 4. The summed E-state index contributed by atoms with van der Waals surface area (Å²) in [5.41, 5.74) is 6.63. The fourth-order valence-corrected chi connectivity index (χ4v) is 2.00. The Morgan fingerprint density at radius 2 is 1.74 bits per heavy atom. The molecule has 0 heterocycles. The Bertz CT molecular complexity index is 586. The van der Waals surface area contributed by atoms with Crippen LogP contribution in [0.4, 0.5) is 0 Å². The molecule has 2 aromatic carbocycles.